The van der Waals surface area contributed by atoms with Gasteiger partial charge in [0, 0.05) is 49.9 Å². The summed E-state index contributed by atoms with van der Waals surface area (Å²) in [7, 11) is 0. The first-order chi connectivity index (χ1) is 13.3. The van der Waals surface area contributed by atoms with Crippen LogP contribution in [0.25, 0.3) is 11.5 Å². The molecule has 1 aliphatic heterocycles. The van der Waals surface area contributed by atoms with E-state index in [9.17, 15) is 4.79 Å². The molecule has 1 aromatic carbocycles. The van der Waals surface area contributed by atoms with E-state index in [-0.39, 0.29) is 11.9 Å². The van der Waals surface area contributed by atoms with E-state index in [0.29, 0.717) is 31.1 Å². The highest BCUT2D eigenvalue weighted by atomic mass is 16.5. The smallest absolute Gasteiger partial charge is 0.257 e. The number of carbonyl (C=O) groups is 1. The molecule has 7 nitrogen and oxygen atoms in total. The summed E-state index contributed by atoms with van der Waals surface area (Å²) < 4.78 is 7.31. The monoisotopic (exact) mass is 365 g/mol. The summed E-state index contributed by atoms with van der Waals surface area (Å²) in [5.41, 5.74) is 0.924. The summed E-state index contributed by atoms with van der Waals surface area (Å²) in [5.74, 6) is 1.46. The topological polar surface area (TPSA) is 77.0 Å². The molecule has 0 radical (unpaired) electrons. The molecule has 1 fully saturated rings. The van der Waals surface area contributed by atoms with Crippen LogP contribution in [0.4, 0.5) is 0 Å². The molecule has 1 aliphatic rings. The molecule has 1 amide bonds. The highest BCUT2D eigenvalue weighted by Gasteiger charge is 2.28. The second-order valence-corrected chi connectivity index (χ2v) is 6.85. The van der Waals surface area contributed by atoms with E-state index in [0.717, 1.165) is 31.4 Å². The lowest BCUT2D eigenvalue weighted by Crippen LogP contribution is -2.36. The Bertz CT molecular complexity index is 860. The minimum atomic E-state index is 0.212. The van der Waals surface area contributed by atoms with E-state index in [1.807, 2.05) is 46.0 Å². The zero-order valence-electron chi connectivity index (χ0n) is 15.2. The van der Waals surface area contributed by atoms with Gasteiger partial charge >= 0.3 is 0 Å². The Balaban J connectivity index is 1.31. The van der Waals surface area contributed by atoms with Crippen LogP contribution in [0.5, 0.6) is 0 Å². The number of imidazole rings is 1. The summed E-state index contributed by atoms with van der Waals surface area (Å²) in [6.45, 7) is 1.52. The van der Waals surface area contributed by atoms with Crippen LogP contribution in [0.2, 0.25) is 0 Å². The van der Waals surface area contributed by atoms with Crippen LogP contribution in [0.3, 0.4) is 0 Å². The molecule has 1 saturated heterocycles. The fourth-order valence-corrected chi connectivity index (χ4v) is 3.60. The van der Waals surface area contributed by atoms with Gasteiger partial charge in [0.2, 0.25) is 5.91 Å². The average molecular weight is 365 g/mol. The van der Waals surface area contributed by atoms with Gasteiger partial charge in [0.25, 0.3) is 5.89 Å². The van der Waals surface area contributed by atoms with Crippen molar-refractivity contribution in [3.8, 4) is 11.5 Å². The van der Waals surface area contributed by atoms with E-state index in [2.05, 4.69) is 15.1 Å². The quantitative estimate of drug-likeness (QED) is 0.643. The summed E-state index contributed by atoms with van der Waals surface area (Å²) in [6.07, 6.45) is 9.55. The first-order valence-electron chi connectivity index (χ1n) is 9.43. The van der Waals surface area contributed by atoms with Gasteiger partial charge in [0.05, 0.1) is 6.33 Å². The molecule has 140 valence electrons. The number of likely N-dealkylation sites (tertiary alicyclic amines) is 1. The van der Waals surface area contributed by atoms with Gasteiger partial charge in [-0.2, -0.15) is 4.98 Å². The highest BCUT2D eigenvalue weighted by molar-refractivity contribution is 5.76. The summed E-state index contributed by atoms with van der Waals surface area (Å²) in [5, 5.41) is 4.09. The highest BCUT2D eigenvalue weighted by Crippen LogP contribution is 2.23. The Labute approximate surface area is 158 Å². The molecule has 0 N–H and O–H groups in total. The molecule has 1 unspecified atom stereocenters. The Morgan fingerprint density at radius 1 is 1.26 bits per heavy atom. The van der Waals surface area contributed by atoms with Crippen LogP contribution in [-0.2, 0) is 17.8 Å². The lowest BCUT2D eigenvalue weighted by atomic mass is 10.1. The summed E-state index contributed by atoms with van der Waals surface area (Å²) in [4.78, 5) is 23.1. The lowest BCUT2D eigenvalue weighted by Gasteiger charge is -2.24. The molecule has 0 aliphatic carbocycles. The number of nitrogens with zero attached hydrogens (tertiary/aromatic N) is 5. The van der Waals surface area contributed by atoms with E-state index in [1.165, 1.54) is 0 Å². The minimum Gasteiger partial charge on any atom is -0.340 e. The molecule has 3 aromatic rings. The average Bonchev–Trinajstić information content (AvgIpc) is 3.47. The van der Waals surface area contributed by atoms with Gasteiger partial charge < -0.3 is 14.0 Å². The van der Waals surface area contributed by atoms with Crippen molar-refractivity contribution in [1.82, 2.24) is 24.6 Å². The Hall–Kier alpha value is -2.96. The van der Waals surface area contributed by atoms with Crippen molar-refractivity contribution in [2.24, 2.45) is 0 Å². The number of aromatic nitrogens is 4. The molecular weight excluding hydrogens is 342 g/mol. The Morgan fingerprint density at radius 2 is 2.15 bits per heavy atom. The van der Waals surface area contributed by atoms with Crippen LogP contribution in [0, 0.1) is 0 Å². The van der Waals surface area contributed by atoms with Gasteiger partial charge in [0.15, 0.2) is 5.82 Å². The minimum absolute atomic E-state index is 0.212. The standard InChI is InChI=1S/C20H23N5O2/c26-19(10-13-24-14-11-21-15-24)25-12-4-7-17(25)8-9-18-22-20(27-23-18)16-5-2-1-3-6-16/h1-3,5-6,11,14-15,17H,4,7-10,12-13H2. The zero-order valence-corrected chi connectivity index (χ0v) is 15.2. The number of hydrogen-bond donors (Lipinski definition) is 0. The predicted molar refractivity (Wildman–Crippen MR) is 99.6 cm³/mol. The third-order valence-electron chi connectivity index (χ3n) is 5.03. The number of rotatable bonds is 7. The van der Waals surface area contributed by atoms with Crippen molar-refractivity contribution in [2.75, 3.05) is 6.54 Å². The molecule has 1 atom stereocenters. The van der Waals surface area contributed by atoms with Crippen molar-refractivity contribution in [3.63, 3.8) is 0 Å². The fourth-order valence-electron chi connectivity index (χ4n) is 3.60. The van der Waals surface area contributed by atoms with E-state index >= 15 is 0 Å². The molecule has 4 rings (SSSR count). The van der Waals surface area contributed by atoms with Crippen molar-refractivity contribution in [2.45, 2.75) is 44.7 Å². The molecule has 0 spiro atoms. The van der Waals surface area contributed by atoms with Crippen molar-refractivity contribution in [3.05, 3.63) is 54.9 Å². The van der Waals surface area contributed by atoms with Gasteiger partial charge in [-0.3, -0.25) is 4.79 Å². The van der Waals surface area contributed by atoms with Crippen LogP contribution in [0.1, 0.15) is 31.5 Å². The number of benzene rings is 1. The fraction of sp³-hybridized carbons (Fsp3) is 0.400. The maximum atomic E-state index is 12.6. The first kappa shape index (κ1) is 17.5. The molecule has 0 saturated carbocycles. The third kappa shape index (κ3) is 4.24. The van der Waals surface area contributed by atoms with Crippen molar-refractivity contribution in [1.29, 1.82) is 0 Å². The number of amides is 1. The van der Waals surface area contributed by atoms with Crippen LogP contribution in [0.15, 0.2) is 53.6 Å². The molecule has 2 aromatic heterocycles. The SMILES string of the molecule is O=C(CCn1ccnc1)N1CCCC1CCc1noc(-c2ccccc2)n1. The van der Waals surface area contributed by atoms with Crippen LogP contribution < -0.4 is 0 Å². The summed E-state index contributed by atoms with van der Waals surface area (Å²) >= 11 is 0. The van der Waals surface area contributed by atoms with E-state index in [1.54, 1.807) is 12.5 Å². The lowest BCUT2D eigenvalue weighted by molar-refractivity contribution is -0.132. The molecule has 0 bridgehead atoms. The van der Waals surface area contributed by atoms with Crippen LogP contribution in [-0.4, -0.2) is 43.1 Å². The molecular formula is C20H23N5O2. The van der Waals surface area contributed by atoms with Gasteiger partial charge in [-0.05, 0) is 31.4 Å². The first-order valence-corrected chi connectivity index (χ1v) is 9.43. The van der Waals surface area contributed by atoms with Gasteiger partial charge in [-0.25, -0.2) is 4.98 Å². The van der Waals surface area contributed by atoms with Crippen molar-refractivity contribution >= 4 is 5.91 Å². The second-order valence-electron chi connectivity index (χ2n) is 6.85. The van der Waals surface area contributed by atoms with Crippen LogP contribution >= 0.6 is 0 Å². The maximum Gasteiger partial charge on any atom is 0.257 e. The van der Waals surface area contributed by atoms with E-state index < -0.39 is 0 Å². The largest absolute Gasteiger partial charge is 0.340 e. The predicted octanol–water partition coefficient (Wildman–Crippen LogP) is 2.95. The van der Waals surface area contributed by atoms with Gasteiger partial charge in [0.1, 0.15) is 0 Å². The Kier molecular flexibility index (Phi) is 5.27. The molecule has 27 heavy (non-hydrogen) atoms. The molecule has 7 heteroatoms. The maximum absolute atomic E-state index is 12.6. The molecule has 3 heterocycles. The number of hydrogen-bond acceptors (Lipinski definition) is 5. The Morgan fingerprint density at radius 3 is 2.96 bits per heavy atom. The van der Waals surface area contributed by atoms with E-state index in [4.69, 9.17) is 4.52 Å². The summed E-state index contributed by atoms with van der Waals surface area (Å²) in [6, 6.07) is 10.0. The zero-order chi connectivity index (χ0) is 18.5. The van der Waals surface area contributed by atoms with Gasteiger partial charge in [-0.1, -0.05) is 23.4 Å². The second kappa shape index (κ2) is 8.16. The third-order valence-corrected chi connectivity index (χ3v) is 5.03. The normalized spacial score (nSPS) is 16.7. The van der Waals surface area contributed by atoms with Gasteiger partial charge in [-0.15, -0.1) is 0 Å². The number of carbonyl (C=O) groups excluding carboxylic acids is 1. The van der Waals surface area contributed by atoms with Crippen molar-refractivity contribution < 1.29 is 9.32 Å². The number of aryl methyl sites for hydroxylation is 2.